The van der Waals surface area contributed by atoms with Crippen LogP contribution in [0.3, 0.4) is 0 Å². The van der Waals surface area contributed by atoms with Gasteiger partial charge in [0, 0.05) is 25.3 Å². The summed E-state index contributed by atoms with van der Waals surface area (Å²) in [6, 6.07) is 14.9. The molecule has 4 nitrogen and oxygen atoms in total. The van der Waals surface area contributed by atoms with Crippen molar-refractivity contribution in [3.8, 4) is 5.75 Å². The highest BCUT2D eigenvalue weighted by atomic mass is 19.4. The largest absolute Gasteiger partial charge is 0.483 e. The third-order valence-corrected chi connectivity index (χ3v) is 4.55. The molecule has 1 saturated heterocycles. The molecule has 2 aromatic rings. The van der Waals surface area contributed by atoms with Crippen LogP contribution >= 0.6 is 0 Å². The summed E-state index contributed by atoms with van der Waals surface area (Å²) in [6.45, 7) is 1.79. The van der Waals surface area contributed by atoms with E-state index in [2.05, 4.69) is 10.2 Å². The van der Waals surface area contributed by atoms with Gasteiger partial charge >= 0.3 is 6.18 Å². The summed E-state index contributed by atoms with van der Waals surface area (Å²) in [4.78, 5) is 14.2. The van der Waals surface area contributed by atoms with Crippen molar-refractivity contribution in [1.29, 1.82) is 0 Å². The zero-order valence-corrected chi connectivity index (χ0v) is 14.7. The van der Waals surface area contributed by atoms with Crippen molar-refractivity contribution in [2.75, 3.05) is 31.1 Å². The van der Waals surface area contributed by atoms with E-state index in [-0.39, 0.29) is 5.75 Å². The Bertz CT molecular complexity index is 765. The number of amides is 1. The lowest BCUT2D eigenvalue weighted by Gasteiger charge is -2.18. The minimum absolute atomic E-state index is 0.302. The Hall–Kier alpha value is -2.70. The molecule has 0 bridgehead atoms. The molecule has 0 spiro atoms. The molecule has 1 fully saturated rings. The van der Waals surface area contributed by atoms with Crippen molar-refractivity contribution in [2.45, 2.75) is 12.6 Å². The van der Waals surface area contributed by atoms with E-state index < -0.39 is 24.3 Å². The van der Waals surface area contributed by atoms with Crippen LogP contribution in [-0.2, 0) is 11.0 Å². The normalized spacial score (nSPS) is 17.0. The summed E-state index contributed by atoms with van der Waals surface area (Å²) in [5, 5.41) is 2.75. The van der Waals surface area contributed by atoms with Gasteiger partial charge in [-0.3, -0.25) is 4.79 Å². The molecule has 3 rings (SSSR count). The molecule has 1 unspecified atom stereocenters. The maximum atomic E-state index is 12.9. The summed E-state index contributed by atoms with van der Waals surface area (Å²) in [5.41, 5.74) is 0.269. The van der Waals surface area contributed by atoms with Gasteiger partial charge in [0.05, 0.1) is 5.56 Å². The average Bonchev–Trinajstić information content (AvgIpc) is 3.14. The number of hydrogen-bond acceptors (Lipinski definition) is 3. The lowest BCUT2D eigenvalue weighted by atomic mass is 10.1. The first-order valence-corrected chi connectivity index (χ1v) is 8.79. The molecule has 1 aliphatic rings. The molecule has 1 N–H and O–H groups in total. The van der Waals surface area contributed by atoms with E-state index in [9.17, 15) is 18.0 Å². The smallest absolute Gasteiger partial charge is 0.419 e. The van der Waals surface area contributed by atoms with Gasteiger partial charge in [-0.05, 0) is 36.6 Å². The second-order valence-corrected chi connectivity index (χ2v) is 6.52. The number of nitrogens with one attached hydrogen (secondary N) is 1. The van der Waals surface area contributed by atoms with Crippen molar-refractivity contribution < 1.29 is 22.7 Å². The lowest BCUT2D eigenvalue weighted by molar-refractivity contribution is -0.139. The number of para-hydroxylation sites is 2. The number of carbonyl (C=O) groups excluding carboxylic acids is 1. The Morgan fingerprint density at radius 3 is 2.56 bits per heavy atom. The van der Waals surface area contributed by atoms with Gasteiger partial charge in [0.15, 0.2) is 6.61 Å². The molecule has 7 heteroatoms. The second kappa shape index (κ2) is 8.33. The van der Waals surface area contributed by atoms with Crippen molar-refractivity contribution in [1.82, 2.24) is 5.32 Å². The molecule has 0 aromatic heterocycles. The Morgan fingerprint density at radius 1 is 1.11 bits per heavy atom. The molecule has 144 valence electrons. The monoisotopic (exact) mass is 378 g/mol. The summed E-state index contributed by atoms with van der Waals surface area (Å²) in [5.74, 6) is -0.460. The topological polar surface area (TPSA) is 41.6 Å². The van der Waals surface area contributed by atoms with E-state index >= 15 is 0 Å². The van der Waals surface area contributed by atoms with E-state index in [1.165, 1.54) is 18.2 Å². The molecular formula is C20H21F3N2O2. The zero-order chi connectivity index (χ0) is 19.3. The fourth-order valence-corrected chi connectivity index (χ4v) is 3.15. The van der Waals surface area contributed by atoms with Crippen molar-refractivity contribution in [2.24, 2.45) is 5.92 Å². The summed E-state index contributed by atoms with van der Waals surface area (Å²) in [6.07, 6.45) is -3.56. The predicted octanol–water partition coefficient (Wildman–Crippen LogP) is 3.73. The summed E-state index contributed by atoms with van der Waals surface area (Å²) < 4.78 is 43.8. The zero-order valence-electron chi connectivity index (χ0n) is 14.7. The number of ether oxygens (including phenoxy) is 1. The predicted molar refractivity (Wildman–Crippen MR) is 96.7 cm³/mol. The van der Waals surface area contributed by atoms with Crippen LogP contribution in [-0.4, -0.2) is 32.1 Å². The molecule has 2 aromatic carbocycles. The van der Waals surface area contributed by atoms with Gasteiger partial charge in [-0.25, -0.2) is 0 Å². The van der Waals surface area contributed by atoms with E-state index in [1.807, 2.05) is 30.3 Å². The molecule has 0 aliphatic carbocycles. The van der Waals surface area contributed by atoms with Crippen molar-refractivity contribution in [3.63, 3.8) is 0 Å². The highest BCUT2D eigenvalue weighted by Crippen LogP contribution is 2.35. The van der Waals surface area contributed by atoms with Gasteiger partial charge in [-0.15, -0.1) is 0 Å². The molecule has 1 heterocycles. The van der Waals surface area contributed by atoms with E-state index in [0.717, 1.165) is 31.3 Å². The van der Waals surface area contributed by atoms with Gasteiger partial charge in [-0.2, -0.15) is 13.2 Å². The van der Waals surface area contributed by atoms with Gasteiger partial charge in [0.25, 0.3) is 5.91 Å². The molecule has 1 aliphatic heterocycles. The third kappa shape index (κ3) is 5.15. The SMILES string of the molecule is O=C(COc1ccccc1C(F)(F)F)NCC1CCN(c2ccccc2)C1. The van der Waals surface area contributed by atoms with Crippen LogP contribution in [0.2, 0.25) is 0 Å². The maximum Gasteiger partial charge on any atom is 0.419 e. The van der Waals surface area contributed by atoms with Crippen LogP contribution in [0.5, 0.6) is 5.75 Å². The fraction of sp³-hybridized carbons (Fsp3) is 0.350. The van der Waals surface area contributed by atoms with Crippen molar-refractivity contribution in [3.05, 3.63) is 60.2 Å². The van der Waals surface area contributed by atoms with Gasteiger partial charge in [-0.1, -0.05) is 30.3 Å². The van der Waals surface area contributed by atoms with Crippen LogP contribution in [0.4, 0.5) is 18.9 Å². The number of carbonyl (C=O) groups is 1. The number of hydrogen-bond donors (Lipinski definition) is 1. The van der Waals surface area contributed by atoms with Crippen LogP contribution in [0, 0.1) is 5.92 Å². The van der Waals surface area contributed by atoms with Crippen LogP contribution < -0.4 is 15.0 Å². The number of halogens is 3. The molecule has 0 radical (unpaired) electrons. The average molecular weight is 378 g/mol. The van der Waals surface area contributed by atoms with Gasteiger partial charge < -0.3 is 15.0 Å². The van der Waals surface area contributed by atoms with E-state index in [4.69, 9.17) is 4.74 Å². The Balaban J connectivity index is 1.45. The fourth-order valence-electron chi connectivity index (χ4n) is 3.15. The Morgan fingerprint density at radius 2 is 1.81 bits per heavy atom. The standard InChI is InChI=1S/C20H21F3N2O2/c21-20(22,23)17-8-4-5-9-18(17)27-14-19(26)24-12-15-10-11-25(13-15)16-6-2-1-3-7-16/h1-9,15H,10-14H2,(H,24,26). The molecule has 1 atom stereocenters. The summed E-state index contributed by atoms with van der Waals surface area (Å²) in [7, 11) is 0. The van der Waals surface area contributed by atoms with E-state index in [1.54, 1.807) is 0 Å². The van der Waals surface area contributed by atoms with E-state index in [0.29, 0.717) is 12.5 Å². The number of nitrogens with zero attached hydrogens (tertiary/aromatic N) is 1. The number of anilines is 1. The van der Waals surface area contributed by atoms with Crippen LogP contribution in [0.25, 0.3) is 0 Å². The molecule has 27 heavy (non-hydrogen) atoms. The third-order valence-electron chi connectivity index (χ3n) is 4.55. The Labute approximate surface area is 155 Å². The first kappa shape index (κ1) is 19.1. The van der Waals surface area contributed by atoms with Crippen molar-refractivity contribution >= 4 is 11.6 Å². The Kier molecular flexibility index (Phi) is 5.88. The van der Waals surface area contributed by atoms with Gasteiger partial charge in [0.2, 0.25) is 0 Å². The number of rotatable bonds is 6. The number of benzene rings is 2. The molecule has 0 saturated carbocycles. The maximum absolute atomic E-state index is 12.9. The first-order valence-electron chi connectivity index (χ1n) is 8.79. The minimum atomic E-state index is -4.52. The summed E-state index contributed by atoms with van der Waals surface area (Å²) >= 11 is 0. The molecule has 1 amide bonds. The lowest BCUT2D eigenvalue weighted by Crippen LogP contribution is -2.34. The first-order chi connectivity index (χ1) is 12.9. The quantitative estimate of drug-likeness (QED) is 0.833. The van der Waals surface area contributed by atoms with Gasteiger partial charge in [0.1, 0.15) is 5.75 Å². The minimum Gasteiger partial charge on any atom is -0.483 e. The highest BCUT2D eigenvalue weighted by molar-refractivity contribution is 5.77. The second-order valence-electron chi connectivity index (χ2n) is 6.52. The molecular weight excluding hydrogens is 357 g/mol. The van der Waals surface area contributed by atoms with Crippen LogP contribution in [0.1, 0.15) is 12.0 Å². The van der Waals surface area contributed by atoms with Crippen LogP contribution in [0.15, 0.2) is 54.6 Å². The number of alkyl halides is 3. The highest BCUT2D eigenvalue weighted by Gasteiger charge is 2.34.